The highest BCUT2D eigenvalue weighted by molar-refractivity contribution is 5.92. The number of benzene rings is 2. The number of carbonyl (C=O) groups is 1. The second kappa shape index (κ2) is 7.15. The number of halogens is 1. The molecule has 0 saturated heterocycles. The van der Waals surface area contributed by atoms with Crippen LogP contribution in [0.2, 0.25) is 0 Å². The highest BCUT2D eigenvalue weighted by atomic mass is 35.5. The van der Waals surface area contributed by atoms with Gasteiger partial charge in [0.25, 0.3) is 0 Å². The minimum Gasteiger partial charge on any atom is -0.440 e. The number of rotatable bonds is 5. The summed E-state index contributed by atoms with van der Waals surface area (Å²) in [5, 5.41) is 2.91. The first-order valence-corrected chi connectivity index (χ1v) is 8.23. The zero-order chi connectivity index (χ0) is 16.5. The van der Waals surface area contributed by atoms with Gasteiger partial charge in [-0.15, -0.1) is 12.4 Å². The van der Waals surface area contributed by atoms with Crippen LogP contribution in [-0.2, 0) is 11.2 Å². The number of hydrogen-bond acceptors (Lipinski definition) is 4. The first-order valence-electron chi connectivity index (χ1n) is 8.23. The minimum atomic E-state index is -0.0421. The number of aromatic nitrogens is 1. The third-order valence-corrected chi connectivity index (χ3v) is 4.29. The van der Waals surface area contributed by atoms with E-state index in [9.17, 15) is 4.79 Å². The lowest BCUT2D eigenvalue weighted by Gasteiger charge is -2.06. The summed E-state index contributed by atoms with van der Waals surface area (Å²) in [6.45, 7) is 0. The van der Waals surface area contributed by atoms with E-state index in [0.29, 0.717) is 18.8 Å². The van der Waals surface area contributed by atoms with Crippen LogP contribution < -0.4 is 11.1 Å². The molecule has 3 N–H and O–H groups in total. The van der Waals surface area contributed by atoms with Gasteiger partial charge in [0.1, 0.15) is 5.52 Å². The van der Waals surface area contributed by atoms with Gasteiger partial charge in [0.05, 0.1) is 0 Å². The molecule has 1 aromatic heterocycles. The molecule has 6 heteroatoms. The molecule has 0 bridgehead atoms. The predicted octanol–water partition coefficient (Wildman–Crippen LogP) is 4.28. The summed E-state index contributed by atoms with van der Waals surface area (Å²) in [7, 11) is 0. The molecule has 5 nitrogen and oxygen atoms in total. The number of carbonyl (C=O) groups excluding carboxylic acids is 1. The van der Waals surface area contributed by atoms with Crippen LogP contribution in [0.4, 0.5) is 11.4 Å². The average molecular weight is 358 g/mol. The summed E-state index contributed by atoms with van der Waals surface area (Å²) < 4.78 is 5.78. The molecule has 25 heavy (non-hydrogen) atoms. The van der Waals surface area contributed by atoms with Crippen molar-refractivity contribution in [1.29, 1.82) is 0 Å². The lowest BCUT2D eigenvalue weighted by molar-refractivity contribution is -0.116. The van der Waals surface area contributed by atoms with Gasteiger partial charge in [0, 0.05) is 29.8 Å². The number of nitrogen functional groups attached to an aromatic ring is 1. The standard InChI is InChI=1S/C19H19N3O2.ClH/c20-15-4-2-1-3-12(15)7-10-18(23)21-14-8-9-16-17(11-14)24-19(22-16)13-5-6-13;/h1-4,8-9,11,13H,5-7,10,20H2,(H,21,23);1H. The molecule has 1 aliphatic carbocycles. The Morgan fingerprint density at radius 3 is 2.80 bits per heavy atom. The Labute approximate surface area is 152 Å². The topological polar surface area (TPSA) is 81.2 Å². The molecule has 1 aliphatic rings. The molecule has 0 atom stereocenters. The second-order valence-electron chi connectivity index (χ2n) is 6.26. The number of nitrogens with one attached hydrogen (secondary N) is 1. The van der Waals surface area contributed by atoms with Gasteiger partial charge in [-0.1, -0.05) is 18.2 Å². The molecule has 0 unspecified atom stereocenters. The monoisotopic (exact) mass is 357 g/mol. The maximum absolute atomic E-state index is 12.2. The number of oxazole rings is 1. The van der Waals surface area contributed by atoms with Crippen molar-refractivity contribution in [3.63, 3.8) is 0 Å². The number of hydrogen-bond donors (Lipinski definition) is 2. The number of amides is 1. The van der Waals surface area contributed by atoms with Gasteiger partial charge in [0.2, 0.25) is 5.91 Å². The van der Waals surface area contributed by atoms with Crippen molar-refractivity contribution < 1.29 is 9.21 Å². The molecule has 3 aromatic rings. The maximum atomic E-state index is 12.2. The van der Waals surface area contributed by atoms with Crippen LogP contribution in [0.5, 0.6) is 0 Å². The molecular formula is C19H20ClN3O2. The van der Waals surface area contributed by atoms with Crippen LogP contribution in [0, 0.1) is 0 Å². The smallest absolute Gasteiger partial charge is 0.224 e. The van der Waals surface area contributed by atoms with Crippen LogP contribution >= 0.6 is 12.4 Å². The van der Waals surface area contributed by atoms with Crippen molar-refractivity contribution in [3.05, 3.63) is 53.9 Å². The van der Waals surface area contributed by atoms with Gasteiger partial charge < -0.3 is 15.5 Å². The van der Waals surface area contributed by atoms with Crippen LogP contribution in [0.25, 0.3) is 11.1 Å². The van der Waals surface area contributed by atoms with E-state index in [2.05, 4.69) is 10.3 Å². The normalized spacial score (nSPS) is 13.4. The fourth-order valence-electron chi connectivity index (χ4n) is 2.76. The van der Waals surface area contributed by atoms with Crippen molar-refractivity contribution >= 4 is 40.8 Å². The largest absolute Gasteiger partial charge is 0.440 e. The summed E-state index contributed by atoms with van der Waals surface area (Å²) in [6, 6.07) is 13.2. The van der Waals surface area contributed by atoms with E-state index in [4.69, 9.17) is 10.2 Å². The zero-order valence-electron chi connectivity index (χ0n) is 13.7. The Morgan fingerprint density at radius 1 is 1.24 bits per heavy atom. The van der Waals surface area contributed by atoms with Crippen LogP contribution in [0.15, 0.2) is 46.9 Å². The molecule has 4 rings (SSSR count). The number of anilines is 2. The van der Waals surface area contributed by atoms with E-state index in [0.717, 1.165) is 46.8 Å². The molecule has 0 radical (unpaired) electrons. The van der Waals surface area contributed by atoms with Gasteiger partial charge >= 0.3 is 0 Å². The van der Waals surface area contributed by atoms with Crippen molar-refractivity contribution in [2.75, 3.05) is 11.1 Å². The van der Waals surface area contributed by atoms with Gasteiger partial charge in [-0.25, -0.2) is 4.98 Å². The lowest BCUT2D eigenvalue weighted by Crippen LogP contribution is -2.12. The number of aryl methyl sites for hydroxylation is 1. The Morgan fingerprint density at radius 2 is 2.04 bits per heavy atom. The van der Waals surface area contributed by atoms with E-state index in [1.54, 1.807) is 0 Å². The minimum absolute atomic E-state index is 0. The highest BCUT2D eigenvalue weighted by Gasteiger charge is 2.28. The summed E-state index contributed by atoms with van der Waals surface area (Å²) in [4.78, 5) is 16.6. The van der Waals surface area contributed by atoms with Crippen molar-refractivity contribution in [1.82, 2.24) is 4.98 Å². The van der Waals surface area contributed by atoms with E-state index in [1.165, 1.54) is 0 Å². The van der Waals surface area contributed by atoms with Crippen LogP contribution in [0.3, 0.4) is 0 Å². The number of nitrogens with two attached hydrogens (primary N) is 1. The van der Waals surface area contributed by atoms with Gasteiger partial charge in [-0.3, -0.25) is 4.79 Å². The summed E-state index contributed by atoms with van der Waals surface area (Å²) in [6.07, 6.45) is 3.31. The van der Waals surface area contributed by atoms with Gasteiger partial charge in [0.15, 0.2) is 11.5 Å². The molecule has 2 aromatic carbocycles. The van der Waals surface area contributed by atoms with Gasteiger partial charge in [-0.2, -0.15) is 0 Å². The molecule has 0 aliphatic heterocycles. The van der Waals surface area contributed by atoms with Crippen molar-refractivity contribution in [3.8, 4) is 0 Å². The Bertz CT molecular complexity index is 903. The van der Waals surface area contributed by atoms with Crippen molar-refractivity contribution in [2.24, 2.45) is 0 Å². The average Bonchev–Trinajstić information content (AvgIpc) is 3.34. The number of para-hydroxylation sites is 1. The van der Waals surface area contributed by atoms with E-state index < -0.39 is 0 Å². The zero-order valence-corrected chi connectivity index (χ0v) is 14.5. The molecular weight excluding hydrogens is 338 g/mol. The first-order chi connectivity index (χ1) is 11.7. The predicted molar refractivity (Wildman–Crippen MR) is 101 cm³/mol. The molecule has 1 amide bonds. The van der Waals surface area contributed by atoms with E-state index in [1.807, 2.05) is 42.5 Å². The quantitative estimate of drug-likeness (QED) is 0.668. The van der Waals surface area contributed by atoms with E-state index in [-0.39, 0.29) is 18.3 Å². The fraction of sp³-hybridized carbons (Fsp3) is 0.263. The van der Waals surface area contributed by atoms with Crippen LogP contribution in [-0.4, -0.2) is 10.9 Å². The summed E-state index contributed by atoms with van der Waals surface area (Å²) in [5.41, 5.74) is 9.91. The Hall–Kier alpha value is -2.53. The number of nitrogens with zero attached hydrogens (tertiary/aromatic N) is 1. The highest BCUT2D eigenvalue weighted by Crippen LogP contribution is 2.40. The maximum Gasteiger partial charge on any atom is 0.224 e. The molecule has 1 saturated carbocycles. The third kappa shape index (κ3) is 3.94. The van der Waals surface area contributed by atoms with E-state index >= 15 is 0 Å². The second-order valence-corrected chi connectivity index (χ2v) is 6.26. The first kappa shape index (κ1) is 17.3. The molecule has 0 spiro atoms. The summed E-state index contributed by atoms with van der Waals surface area (Å²) >= 11 is 0. The Kier molecular flexibility index (Phi) is 4.95. The fourth-order valence-corrected chi connectivity index (χ4v) is 2.76. The number of fused-ring (bicyclic) bond motifs is 1. The summed E-state index contributed by atoms with van der Waals surface area (Å²) in [5.74, 6) is 1.25. The van der Waals surface area contributed by atoms with Gasteiger partial charge in [-0.05, 0) is 43.0 Å². The SMILES string of the molecule is Cl.Nc1ccccc1CCC(=O)Nc1ccc2nc(C3CC3)oc2c1. The Balaban J connectivity index is 0.00000182. The van der Waals surface area contributed by atoms with Crippen LogP contribution in [0.1, 0.15) is 36.6 Å². The molecule has 1 heterocycles. The lowest BCUT2D eigenvalue weighted by atomic mass is 10.1. The molecule has 1 fully saturated rings. The van der Waals surface area contributed by atoms with Crippen molar-refractivity contribution in [2.45, 2.75) is 31.6 Å². The third-order valence-electron chi connectivity index (χ3n) is 4.29. The molecule has 130 valence electrons.